The van der Waals surface area contributed by atoms with Crippen molar-refractivity contribution in [2.75, 3.05) is 34.4 Å². The predicted molar refractivity (Wildman–Crippen MR) is 252 cm³/mol. The molecule has 5 aliphatic rings. The fourth-order valence-corrected chi connectivity index (χ4v) is 10.3. The highest BCUT2D eigenvalue weighted by Gasteiger charge is 2.52. The van der Waals surface area contributed by atoms with Crippen molar-refractivity contribution in [3.8, 4) is 5.75 Å². The SMILES string of the molecule is COC(=O)N[C@H](C(=O)N1CCC[C@H]1C1=NC(c2ccc(C3C(c4ccc(OC)cc4)C3c3ccc(C4=CCC([C@@H]5CCCN5C(=O)[C@@H](NC(=O)OC)C(C)C)=N4)cc3)cc2)=CC1)C(C)C. The maximum atomic E-state index is 13.7. The van der Waals surface area contributed by atoms with Crippen LogP contribution < -0.4 is 15.4 Å². The monoisotopic (exact) mass is 882 g/mol. The van der Waals surface area contributed by atoms with Crippen LogP contribution in [0.25, 0.3) is 11.4 Å². The zero-order chi connectivity index (χ0) is 45.9. The second-order valence-electron chi connectivity index (χ2n) is 18.5. The van der Waals surface area contributed by atoms with Gasteiger partial charge in [-0.05, 0) is 95.2 Å². The Morgan fingerprint density at radius 2 is 0.938 bits per heavy atom. The van der Waals surface area contributed by atoms with Crippen LogP contribution in [0, 0.1) is 11.8 Å². The van der Waals surface area contributed by atoms with Crippen molar-refractivity contribution in [2.45, 2.75) is 108 Å². The number of alkyl carbamates (subject to hydrolysis) is 2. The molecule has 4 aliphatic heterocycles. The van der Waals surface area contributed by atoms with Gasteiger partial charge in [-0.15, -0.1) is 0 Å². The lowest BCUT2D eigenvalue weighted by Gasteiger charge is -2.30. The normalized spacial score (nSPS) is 23.4. The molecule has 2 N–H and O–H groups in total. The van der Waals surface area contributed by atoms with E-state index >= 15 is 0 Å². The van der Waals surface area contributed by atoms with Crippen LogP contribution in [-0.2, 0) is 19.1 Å². The Kier molecular flexibility index (Phi) is 13.6. The van der Waals surface area contributed by atoms with Gasteiger partial charge in [0.1, 0.15) is 17.8 Å². The number of benzene rings is 3. The molecule has 0 radical (unpaired) electrons. The molecule has 6 atom stereocenters. The Labute approximate surface area is 382 Å². The number of nitrogens with one attached hydrogen (secondary N) is 2. The first-order valence-corrected chi connectivity index (χ1v) is 23.1. The standard InChI is InChI=1S/C52H62N6O7/c1-30(2)47(55-51(61)64-6)49(59)57-28-8-10-42(57)40-26-24-38(53-40)32-12-16-34(17-13-32)44-45(46(44)36-20-22-37(63-5)23-21-36)35-18-14-33(15-19-35)39-25-27-41(54-39)43-11-9-29-58(43)50(60)48(31(3)4)56-52(62)65-7/h12-25,30-31,42-48H,8-11,26-29H2,1-7H3,(H,55,61)(H,56,62)/t42-,43-,44?,45?,46?,47-,48-/m0/s1. The topological polar surface area (TPSA) is 151 Å². The summed E-state index contributed by atoms with van der Waals surface area (Å²) in [6.07, 6.45) is 7.92. The second kappa shape index (κ2) is 19.5. The lowest BCUT2D eigenvalue weighted by Crippen LogP contribution is -2.53. The predicted octanol–water partition coefficient (Wildman–Crippen LogP) is 8.47. The number of likely N-dealkylation sites (tertiary alicyclic amines) is 2. The summed E-state index contributed by atoms with van der Waals surface area (Å²) in [5.74, 6) is 1.28. The van der Waals surface area contributed by atoms with E-state index in [2.05, 4.69) is 83.4 Å². The van der Waals surface area contributed by atoms with Gasteiger partial charge in [-0.2, -0.15) is 0 Å². The Balaban J connectivity index is 0.969. The third-order valence-corrected chi connectivity index (χ3v) is 13.9. The van der Waals surface area contributed by atoms with E-state index in [1.54, 1.807) is 7.11 Å². The molecular weight excluding hydrogens is 821 g/mol. The van der Waals surface area contributed by atoms with E-state index in [1.807, 2.05) is 49.6 Å². The molecular formula is C52H62N6O7. The van der Waals surface area contributed by atoms with Crippen LogP contribution in [0.4, 0.5) is 9.59 Å². The van der Waals surface area contributed by atoms with Gasteiger partial charge in [0.2, 0.25) is 11.8 Å². The second-order valence-corrected chi connectivity index (χ2v) is 18.5. The van der Waals surface area contributed by atoms with E-state index in [4.69, 9.17) is 24.2 Å². The average molecular weight is 883 g/mol. The zero-order valence-corrected chi connectivity index (χ0v) is 38.6. The van der Waals surface area contributed by atoms with Crippen molar-refractivity contribution in [3.05, 3.63) is 113 Å². The first kappa shape index (κ1) is 45.3. The minimum Gasteiger partial charge on any atom is -0.497 e. The number of amides is 4. The lowest BCUT2D eigenvalue weighted by molar-refractivity contribution is -0.134. The largest absolute Gasteiger partial charge is 0.497 e. The summed E-state index contributed by atoms with van der Waals surface area (Å²) in [6, 6.07) is 24.5. The van der Waals surface area contributed by atoms with E-state index in [9.17, 15) is 19.2 Å². The summed E-state index contributed by atoms with van der Waals surface area (Å²) in [6.45, 7) is 8.97. The highest BCUT2D eigenvalue weighted by atomic mass is 16.5. The smallest absolute Gasteiger partial charge is 0.407 e. The number of hydrogen-bond acceptors (Lipinski definition) is 9. The van der Waals surface area contributed by atoms with E-state index in [0.717, 1.165) is 65.4 Å². The summed E-state index contributed by atoms with van der Waals surface area (Å²) < 4.78 is 15.1. The van der Waals surface area contributed by atoms with Crippen LogP contribution in [0.1, 0.15) is 112 Å². The molecule has 1 aliphatic carbocycles. The number of carbonyl (C=O) groups excluding carboxylic acids is 4. The summed E-state index contributed by atoms with van der Waals surface area (Å²) >= 11 is 0. The van der Waals surface area contributed by atoms with Crippen molar-refractivity contribution in [3.63, 3.8) is 0 Å². The van der Waals surface area contributed by atoms with Gasteiger partial charge in [0.15, 0.2) is 0 Å². The van der Waals surface area contributed by atoms with E-state index in [0.29, 0.717) is 25.9 Å². The molecule has 0 aromatic heterocycles. The third-order valence-electron chi connectivity index (χ3n) is 13.9. The zero-order valence-electron chi connectivity index (χ0n) is 38.6. The van der Waals surface area contributed by atoms with E-state index in [-0.39, 0.29) is 53.5 Å². The number of ether oxygens (including phenoxy) is 3. The minimum absolute atomic E-state index is 0.0910. The maximum absolute atomic E-state index is 13.7. The Morgan fingerprint density at radius 3 is 1.28 bits per heavy atom. The average Bonchev–Trinajstić information content (AvgIpc) is 3.96. The van der Waals surface area contributed by atoms with Gasteiger partial charge in [0.25, 0.3) is 0 Å². The Bertz CT molecular complexity index is 2240. The molecule has 0 spiro atoms. The van der Waals surface area contributed by atoms with Crippen molar-refractivity contribution < 1.29 is 33.4 Å². The molecule has 3 aromatic carbocycles. The van der Waals surface area contributed by atoms with Crippen molar-refractivity contribution in [1.82, 2.24) is 20.4 Å². The van der Waals surface area contributed by atoms with Gasteiger partial charge in [0.05, 0.1) is 44.8 Å². The summed E-state index contributed by atoms with van der Waals surface area (Å²) in [4.78, 5) is 65.6. The lowest BCUT2D eigenvalue weighted by atomic mass is 10.0. The third kappa shape index (κ3) is 9.46. The fourth-order valence-electron chi connectivity index (χ4n) is 10.3. The van der Waals surface area contributed by atoms with Crippen molar-refractivity contribution >= 4 is 46.8 Å². The number of hydrogen-bond donors (Lipinski definition) is 2. The first-order chi connectivity index (χ1) is 31.4. The number of rotatable bonds is 14. The highest BCUT2D eigenvalue weighted by Crippen LogP contribution is 2.66. The van der Waals surface area contributed by atoms with Crippen LogP contribution in [0.2, 0.25) is 0 Å². The van der Waals surface area contributed by atoms with Crippen molar-refractivity contribution in [1.29, 1.82) is 0 Å². The van der Waals surface area contributed by atoms with Crippen LogP contribution >= 0.6 is 0 Å². The molecule has 13 heteroatoms. The molecule has 342 valence electrons. The molecule has 8 rings (SSSR count). The van der Waals surface area contributed by atoms with Gasteiger partial charge in [-0.3, -0.25) is 19.6 Å². The number of nitrogens with zero attached hydrogens (tertiary/aromatic N) is 4. The Hall–Kier alpha value is -6.24. The molecule has 4 heterocycles. The summed E-state index contributed by atoms with van der Waals surface area (Å²) in [7, 11) is 4.30. The molecule has 3 fully saturated rings. The van der Waals surface area contributed by atoms with Crippen molar-refractivity contribution in [2.24, 2.45) is 21.8 Å². The van der Waals surface area contributed by atoms with E-state index < -0.39 is 24.3 Å². The van der Waals surface area contributed by atoms with Crippen LogP contribution in [0.3, 0.4) is 0 Å². The summed E-state index contributed by atoms with van der Waals surface area (Å²) in [5.41, 5.74) is 9.69. The van der Waals surface area contributed by atoms with Gasteiger partial charge in [-0.25, -0.2) is 9.59 Å². The van der Waals surface area contributed by atoms with Crippen LogP contribution in [-0.4, -0.2) is 104 Å². The van der Waals surface area contributed by atoms with Crippen LogP contribution in [0.15, 0.2) is 94.9 Å². The van der Waals surface area contributed by atoms with Gasteiger partial charge >= 0.3 is 12.2 Å². The molecule has 2 saturated heterocycles. The highest BCUT2D eigenvalue weighted by molar-refractivity contribution is 6.03. The molecule has 1 saturated carbocycles. The summed E-state index contributed by atoms with van der Waals surface area (Å²) in [5, 5.41) is 5.48. The Morgan fingerprint density at radius 1 is 0.569 bits per heavy atom. The maximum Gasteiger partial charge on any atom is 0.407 e. The van der Waals surface area contributed by atoms with E-state index in [1.165, 1.54) is 30.9 Å². The fraction of sp³-hybridized carbons (Fsp3) is 0.462. The van der Waals surface area contributed by atoms with Gasteiger partial charge in [-0.1, -0.05) is 101 Å². The molecule has 65 heavy (non-hydrogen) atoms. The number of aliphatic imine (C=N–C) groups is 2. The molecule has 0 bridgehead atoms. The minimum atomic E-state index is -0.667. The molecule has 13 nitrogen and oxygen atoms in total. The first-order valence-electron chi connectivity index (χ1n) is 23.1. The number of carbonyl (C=O) groups is 4. The van der Waals surface area contributed by atoms with Crippen LogP contribution in [0.5, 0.6) is 5.75 Å². The molecule has 3 aromatic rings. The molecule has 4 amide bonds. The van der Waals surface area contributed by atoms with Gasteiger partial charge in [0, 0.05) is 37.4 Å². The number of methoxy groups -OCH3 is 3. The quantitative estimate of drug-likeness (QED) is 0.165. The van der Waals surface area contributed by atoms with Gasteiger partial charge < -0.3 is 34.6 Å². The molecule has 2 unspecified atom stereocenters. The number of allylic oxidation sites excluding steroid dienone is 2.